The topological polar surface area (TPSA) is 38.8 Å². The number of hydrogen-bond donors (Lipinski definition) is 0. The number of carbonyl (C=O) groups excluding carboxylic acids is 1. The Morgan fingerprint density at radius 3 is 3.15 bits per heavy atom. The molecule has 0 amide bonds. The van der Waals surface area contributed by atoms with Crippen LogP contribution in [0.5, 0.6) is 11.5 Å². The van der Waals surface area contributed by atoms with Crippen molar-refractivity contribution >= 4 is 5.97 Å². The maximum Gasteiger partial charge on any atom is 0.305 e. The summed E-state index contributed by atoms with van der Waals surface area (Å²) in [7, 11) is 1.40. The number of ether oxygens (including phenoxy) is 2. The molecule has 0 fully saturated rings. The van der Waals surface area contributed by atoms with Gasteiger partial charge in [-0.05, 0) is 18.1 Å². The first-order chi connectivity index (χ1) is 6.31. The quantitative estimate of drug-likeness (QED) is 0.532. The van der Waals surface area contributed by atoms with Crippen molar-refractivity contribution in [3.8, 4) is 11.5 Å². The third-order valence-electron chi connectivity index (χ3n) is 2.06. The van der Waals surface area contributed by atoms with Gasteiger partial charge in [0.1, 0.15) is 0 Å². The fourth-order valence-corrected chi connectivity index (χ4v) is 1.28. The van der Waals surface area contributed by atoms with Crippen LogP contribution in [0.25, 0.3) is 0 Å². The Morgan fingerprint density at radius 2 is 2.38 bits per heavy atom. The summed E-state index contributed by atoms with van der Waals surface area (Å²) in [6, 6.07) is 5.81. The first-order valence-electron chi connectivity index (χ1n) is 4.18. The lowest BCUT2D eigenvalue weighted by Gasteiger charge is -1.97. The molecule has 0 aromatic heterocycles. The van der Waals surface area contributed by atoms with E-state index in [4.69, 9.17) is 4.74 Å². The predicted molar refractivity (Wildman–Crippen MR) is 46.9 cm³/mol. The van der Waals surface area contributed by atoms with Gasteiger partial charge in [0.05, 0.1) is 7.11 Å². The number of fused-ring (bicyclic) bond motifs is 1. The van der Waals surface area contributed by atoms with E-state index in [1.807, 2.05) is 18.2 Å². The summed E-state index contributed by atoms with van der Waals surface area (Å²) in [4.78, 5) is 10.9. The van der Waals surface area contributed by atoms with Crippen LogP contribution in [0.4, 0.5) is 0 Å². The van der Waals surface area contributed by atoms with Crippen molar-refractivity contribution in [1.29, 1.82) is 0 Å². The molecule has 1 aromatic carbocycles. The van der Waals surface area contributed by atoms with E-state index in [9.17, 15) is 4.79 Å². The summed E-state index contributed by atoms with van der Waals surface area (Å²) in [6.07, 6.45) is 1.10. The van der Waals surface area contributed by atoms with Crippen LogP contribution in [0.15, 0.2) is 18.2 Å². The highest BCUT2D eigenvalue weighted by Gasteiger charge is 2.23. The molecule has 0 aliphatic carbocycles. The first-order valence-corrected chi connectivity index (χ1v) is 4.18. The molecule has 0 unspecified atom stereocenters. The van der Waals surface area contributed by atoms with Gasteiger partial charge in [-0.2, -0.15) is 0 Å². The molecule has 1 heterocycles. The SMILES string of the molecule is COC(=O)CCc1cccc2c1O2. The van der Waals surface area contributed by atoms with Gasteiger partial charge in [0, 0.05) is 6.42 Å². The lowest BCUT2D eigenvalue weighted by atomic mass is 10.1. The average Bonchev–Trinajstić information content (AvgIpc) is 2.92. The molecule has 3 nitrogen and oxygen atoms in total. The molecule has 68 valence electrons. The zero-order chi connectivity index (χ0) is 9.26. The van der Waals surface area contributed by atoms with Gasteiger partial charge in [0.25, 0.3) is 0 Å². The van der Waals surface area contributed by atoms with E-state index in [2.05, 4.69) is 4.74 Å². The molecule has 1 aliphatic rings. The molecule has 0 saturated carbocycles. The average molecular weight is 178 g/mol. The zero-order valence-electron chi connectivity index (χ0n) is 7.37. The highest BCUT2D eigenvalue weighted by atomic mass is 16.6. The van der Waals surface area contributed by atoms with Crippen molar-refractivity contribution in [2.75, 3.05) is 7.11 Å². The number of aryl methyl sites for hydroxylation is 1. The molecule has 0 saturated heterocycles. The van der Waals surface area contributed by atoms with E-state index >= 15 is 0 Å². The van der Waals surface area contributed by atoms with Crippen LogP contribution in [-0.2, 0) is 16.0 Å². The van der Waals surface area contributed by atoms with Gasteiger partial charge in [0.2, 0.25) is 0 Å². The fraction of sp³-hybridized carbons (Fsp3) is 0.300. The Hall–Kier alpha value is -1.51. The maximum atomic E-state index is 10.9. The number of carbonyl (C=O) groups is 1. The van der Waals surface area contributed by atoms with E-state index in [-0.39, 0.29) is 5.97 Å². The second-order valence-electron chi connectivity index (χ2n) is 2.92. The minimum Gasteiger partial charge on any atom is -0.469 e. The lowest BCUT2D eigenvalue weighted by Crippen LogP contribution is -2.01. The van der Waals surface area contributed by atoms with Crippen LogP contribution in [0.3, 0.4) is 0 Å². The second-order valence-corrected chi connectivity index (χ2v) is 2.92. The second kappa shape index (κ2) is 3.09. The van der Waals surface area contributed by atoms with Gasteiger partial charge in [-0.1, -0.05) is 12.1 Å². The van der Waals surface area contributed by atoms with Gasteiger partial charge in [0.15, 0.2) is 11.5 Å². The van der Waals surface area contributed by atoms with Crippen molar-refractivity contribution in [2.24, 2.45) is 0 Å². The third kappa shape index (κ3) is 1.64. The van der Waals surface area contributed by atoms with E-state index in [1.165, 1.54) is 7.11 Å². The van der Waals surface area contributed by atoms with E-state index in [0.29, 0.717) is 12.8 Å². The van der Waals surface area contributed by atoms with Crippen LogP contribution in [-0.4, -0.2) is 13.1 Å². The molecule has 13 heavy (non-hydrogen) atoms. The monoisotopic (exact) mass is 178 g/mol. The molecule has 0 bridgehead atoms. The Kier molecular flexibility index (Phi) is 1.93. The van der Waals surface area contributed by atoms with Gasteiger partial charge in [-0.25, -0.2) is 0 Å². The van der Waals surface area contributed by atoms with Gasteiger partial charge in [-0.15, -0.1) is 0 Å². The number of esters is 1. The number of para-hydroxylation sites is 1. The molecule has 1 aromatic rings. The van der Waals surface area contributed by atoms with Crippen LogP contribution in [0.1, 0.15) is 12.0 Å². The maximum absolute atomic E-state index is 10.9. The van der Waals surface area contributed by atoms with Crippen molar-refractivity contribution < 1.29 is 14.3 Å². The van der Waals surface area contributed by atoms with Gasteiger partial charge in [-0.3, -0.25) is 4.79 Å². The zero-order valence-corrected chi connectivity index (χ0v) is 7.37. The van der Waals surface area contributed by atoms with Crippen LogP contribution >= 0.6 is 0 Å². The standard InChI is InChI=1S/C10H10O3/c1-12-9(11)6-5-7-3-2-4-8-10(7)13-8/h2-4H,5-6H2,1H3. The fourth-order valence-electron chi connectivity index (χ4n) is 1.28. The molecule has 2 rings (SSSR count). The Bertz CT molecular complexity index is 344. The Labute approximate surface area is 76.3 Å². The largest absolute Gasteiger partial charge is 0.469 e. The summed E-state index contributed by atoms with van der Waals surface area (Å²) in [5.41, 5.74) is 1.09. The van der Waals surface area contributed by atoms with Gasteiger partial charge < -0.3 is 9.47 Å². The minimum atomic E-state index is -0.182. The van der Waals surface area contributed by atoms with Crippen LogP contribution < -0.4 is 4.74 Å². The summed E-state index contributed by atoms with van der Waals surface area (Å²) < 4.78 is 9.73. The van der Waals surface area contributed by atoms with Crippen molar-refractivity contribution in [3.05, 3.63) is 23.8 Å². The normalized spacial score (nSPS) is 11.5. The molecular formula is C10H10O3. The minimum absolute atomic E-state index is 0.182. The van der Waals surface area contributed by atoms with E-state index < -0.39 is 0 Å². The molecular weight excluding hydrogens is 168 g/mol. The number of benzene rings is 1. The first kappa shape index (κ1) is 8.10. The van der Waals surface area contributed by atoms with Crippen LogP contribution in [0.2, 0.25) is 0 Å². The predicted octanol–water partition coefficient (Wildman–Crippen LogP) is 1.90. The van der Waals surface area contributed by atoms with E-state index in [0.717, 1.165) is 17.1 Å². The molecule has 3 heteroatoms. The summed E-state index contributed by atoms with van der Waals surface area (Å²) in [5, 5.41) is 0. The molecule has 0 atom stereocenters. The number of hydrogen-bond acceptors (Lipinski definition) is 3. The smallest absolute Gasteiger partial charge is 0.305 e. The summed E-state index contributed by atoms with van der Waals surface area (Å²) in [5.74, 6) is 1.69. The molecule has 0 spiro atoms. The molecule has 1 aliphatic heterocycles. The van der Waals surface area contributed by atoms with E-state index in [1.54, 1.807) is 0 Å². The number of methoxy groups -OCH3 is 1. The van der Waals surface area contributed by atoms with Crippen LogP contribution in [0, 0.1) is 0 Å². The summed E-state index contributed by atoms with van der Waals surface area (Å²) in [6.45, 7) is 0. The Morgan fingerprint density at radius 1 is 1.54 bits per heavy atom. The summed E-state index contributed by atoms with van der Waals surface area (Å²) >= 11 is 0. The van der Waals surface area contributed by atoms with Crippen molar-refractivity contribution in [1.82, 2.24) is 0 Å². The number of rotatable bonds is 3. The van der Waals surface area contributed by atoms with Crippen molar-refractivity contribution in [3.63, 3.8) is 0 Å². The van der Waals surface area contributed by atoms with Gasteiger partial charge >= 0.3 is 5.97 Å². The lowest BCUT2D eigenvalue weighted by molar-refractivity contribution is -0.140. The highest BCUT2D eigenvalue weighted by molar-refractivity contribution is 5.70. The Balaban J connectivity index is 1.97. The van der Waals surface area contributed by atoms with Crippen molar-refractivity contribution in [2.45, 2.75) is 12.8 Å². The third-order valence-corrected chi connectivity index (χ3v) is 2.06. The molecule has 0 radical (unpaired) electrons. The highest BCUT2D eigenvalue weighted by Crippen LogP contribution is 2.48. The molecule has 0 N–H and O–H groups in total.